The van der Waals surface area contributed by atoms with Gasteiger partial charge in [-0.2, -0.15) is 0 Å². The summed E-state index contributed by atoms with van der Waals surface area (Å²) in [4.78, 5) is 69.4. The first-order valence-electron chi connectivity index (χ1n) is 16.0. The van der Waals surface area contributed by atoms with Crippen molar-refractivity contribution in [3.63, 3.8) is 0 Å². The molecule has 1 atom stereocenters. The predicted molar refractivity (Wildman–Crippen MR) is 168 cm³/mol. The van der Waals surface area contributed by atoms with E-state index in [1.54, 1.807) is 24.3 Å². The number of nitrogens with zero attached hydrogens (tertiary/aromatic N) is 5. The van der Waals surface area contributed by atoms with Gasteiger partial charge in [0, 0.05) is 62.1 Å². The van der Waals surface area contributed by atoms with Gasteiger partial charge in [-0.3, -0.25) is 44.4 Å². The Morgan fingerprint density at radius 2 is 1.59 bits per heavy atom. The molecule has 13 heteroatoms. The second kappa shape index (κ2) is 11.4. The second-order valence-corrected chi connectivity index (χ2v) is 13.3. The molecule has 13 nitrogen and oxygen atoms in total. The Hall–Kier alpha value is -4.52. The quantitative estimate of drug-likeness (QED) is 0.287. The summed E-state index contributed by atoms with van der Waals surface area (Å²) in [7, 11) is 1.47. The summed E-state index contributed by atoms with van der Waals surface area (Å²) in [6, 6.07) is 8.18. The Balaban J connectivity index is 0.926. The average molecular weight is 631 g/mol. The molecule has 4 amide bonds. The monoisotopic (exact) mass is 630 g/mol. The highest BCUT2D eigenvalue weighted by atomic mass is 16.6. The van der Waals surface area contributed by atoms with E-state index in [9.17, 15) is 29.3 Å². The lowest BCUT2D eigenvalue weighted by molar-refractivity contribution is -0.385. The molecule has 4 saturated heterocycles. The SMILES string of the molecule is COc1cc(N2CCC3(CC2)CCN(C2CN(c4ccc5c(c4)C(=O)N(C4CCC(=O)NC4=O)C5=O)C2)CC3)c(C)cc1[N+](=O)[O-]. The normalized spacial score (nSPS) is 23.4. The molecular weight excluding hydrogens is 592 g/mol. The van der Waals surface area contributed by atoms with Gasteiger partial charge in [-0.15, -0.1) is 0 Å². The van der Waals surface area contributed by atoms with Gasteiger partial charge in [-0.1, -0.05) is 0 Å². The third-order valence-electron chi connectivity index (χ3n) is 10.9. The highest BCUT2D eigenvalue weighted by Gasteiger charge is 2.46. The fourth-order valence-corrected chi connectivity index (χ4v) is 7.95. The van der Waals surface area contributed by atoms with Crippen LogP contribution in [0.5, 0.6) is 5.75 Å². The summed E-state index contributed by atoms with van der Waals surface area (Å²) < 4.78 is 5.32. The van der Waals surface area contributed by atoms with Crippen molar-refractivity contribution < 1.29 is 28.8 Å². The van der Waals surface area contributed by atoms with Gasteiger partial charge >= 0.3 is 5.69 Å². The molecule has 0 saturated carbocycles. The molecule has 242 valence electrons. The Morgan fingerprint density at radius 1 is 0.913 bits per heavy atom. The Labute approximate surface area is 266 Å². The maximum atomic E-state index is 13.2. The molecule has 1 spiro atoms. The number of likely N-dealkylation sites (tertiary alicyclic amines) is 1. The number of nitro groups is 1. The number of carbonyl (C=O) groups excluding carboxylic acids is 4. The smallest absolute Gasteiger partial charge is 0.311 e. The van der Waals surface area contributed by atoms with Crippen molar-refractivity contribution in [1.82, 2.24) is 15.1 Å². The number of imide groups is 2. The maximum Gasteiger partial charge on any atom is 0.311 e. The van der Waals surface area contributed by atoms with E-state index in [1.807, 2.05) is 13.0 Å². The van der Waals surface area contributed by atoms with Crippen molar-refractivity contribution in [3.8, 4) is 5.75 Å². The van der Waals surface area contributed by atoms with Gasteiger partial charge in [-0.05, 0) is 81.3 Å². The number of aryl methyl sites for hydroxylation is 1. The molecule has 5 heterocycles. The third kappa shape index (κ3) is 5.06. The molecular formula is C33H38N6O7. The van der Waals surface area contributed by atoms with E-state index in [4.69, 9.17) is 4.74 Å². The summed E-state index contributed by atoms with van der Waals surface area (Å²) in [6.45, 7) is 7.53. The van der Waals surface area contributed by atoms with E-state index < -0.39 is 34.6 Å². The number of ether oxygens (including phenoxy) is 1. The second-order valence-electron chi connectivity index (χ2n) is 13.3. The number of hydrogen-bond donors (Lipinski definition) is 1. The minimum atomic E-state index is -0.966. The van der Waals surface area contributed by atoms with Crippen molar-refractivity contribution in [1.29, 1.82) is 0 Å². The number of hydrogen-bond acceptors (Lipinski definition) is 10. The number of methoxy groups -OCH3 is 1. The molecule has 5 aliphatic rings. The lowest BCUT2D eigenvalue weighted by Crippen LogP contribution is -2.62. The van der Waals surface area contributed by atoms with E-state index in [-0.39, 0.29) is 18.5 Å². The Morgan fingerprint density at radius 3 is 2.24 bits per heavy atom. The van der Waals surface area contributed by atoms with Crippen LogP contribution in [0.15, 0.2) is 30.3 Å². The highest BCUT2D eigenvalue weighted by molar-refractivity contribution is 6.23. The summed E-state index contributed by atoms with van der Waals surface area (Å²) in [5.41, 5.74) is 3.70. The number of anilines is 2. The van der Waals surface area contributed by atoms with Crippen molar-refractivity contribution in [3.05, 3.63) is 57.1 Å². The van der Waals surface area contributed by atoms with Crippen molar-refractivity contribution in [2.75, 3.05) is 56.2 Å². The van der Waals surface area contributed by atoms with Gasteiger partial charge in [0.25, 0.3) is 11.8 Å². The lowest BCUT2D eigenvalue weighted by Gasteiger charge is -2.52. The molecule has 0 aromatic heterocycles. The molecule has 2 aromatic carbocycles. The first-order valence-corrected chi connectivity index (χ1v) is 16.0. The van der Waals surface area contributed by atoms with Crippen LogP contribution in [-0.4, -0.2) is 96.8 Å². The predicted octanol–water partition coefficient (Wildman–Crippen LogP) is 2.88. The van der Waals surface area contributed by atoms with Gasteiger partial charge in [-0.25, -0.2) is 0 Å². The molecule has 5 aliphatic heterocycles. The van der Waals surface area contributed by atoms with Crippen molar-refractivity contribution in [2.24, 2.45) is 5.41 Å². The Kier molecular flexibility index (Phi) is 7.46. The van der Waals surface area contributed by atoms with Crippen LogP contribution in [0.25, 0.3) is 0 Å². The fourth-order valence-electron chi connectivity index (χ4n) is 7.95. The van der Waals surface area contributed by atoms with Crippen LogP contribution in [0.4, 0.5) is 17.1 Å². The van der Waals surface area contributed by atoms with Crippen LogP contribution < -0.4 is 19.9 Å². The van der Waals surface area contributed by atoms with E-state index in [1.165, 1.54) is 7.11 Å². The van der Waals surface area contributed by atoms with Gasteiger partial charge in [0.15, 0.2) is 5.75 Å². The zero-order valence-corrected chi connectivity index (χ0v) is 26.1. The standard InChI is InChI=1S/C33H38N6O7/c1-20-15-27(39(44)45)28(46-2)17-26(20)36-13-9-33(10-14-36)7-11-35(12-8-33)22-18-37(19-22)21-3-4-23-24(16-21)32(43)38(31(23)42)25-5-6-29(40)34-30(25)41/h3-4,15-17,22,25H,5-14,18-19H2,1-2H3,(H,34,40,41). The van der Waals surface area contributed by atoms with Crippen LogP contribution >= 0.6 is 0 Å². The Bertz CT molecular complexity index is 1630. The van der Waals surface area contributed by atoms with Crippen LogP contribution in [0.1, 0.15) is 64.8 Å². The largest absolute Gasteiger partial charge is 0.490 e. The number of benzene rings is 2. The topological polar surface area (TPSA) is 146 Å². The van der Waals surface area contributed by atoms with Crippen LogP contribution in [-0.2, 0) is 9.59 Å². The van der Waals surface area contributed by atoms with E-state index in [0.717, 1.165) is 86.8 Å². The lowest BCUT2D eigenvalue weighted by atomic mass is 9.70. The van der Waals surface area contributed by atoms with E-state index in [0.29, 0.717) is 28.3 Å². The minimum Gasteiger partial charge on any atom is -0.490 e. The first-order chi connectivity index (χ1) is 22.1. The molecule has 0 aliphatic carbocycles. The molecule has 1 N–H and O–H groups in total. The van der Waals surface area contributed by atoms with E-state index in [2.05, 4.69) is 20.0 Å². The number of nitro benzene ring substituents is 1. The highest BCUT2D eigenvalue weighted by Crippen LogP contribution is 2.45. The number of rotatable bonds is 6. The number of carbonyl (C=O) groups is 4. The summed E-state index contributed by atoms with van der Waals surface area (Å²) in [5.74, 6) is -1.67. The van der Waals surface area contributed by atoms with Gasteiger partial charge in [0.05, 0.1) is 23.2 Å². The third-order valence-corrected chi connectivity index (χ3v) is 10.9. The molecule has 0 radical (unpaired) electrons. The molecule has 1 unspecified atom stereocenters. The average Bonchev–Trinajstić information content (AvgIpc) is 3.26. The number of fused-ring (bicyclic) bond motifs is 1. The molecule has 2 aromatic rings. The molecule has 46 heavy (non-hydrogen) atoms. The van der Waals surface area contributed by atoms with Crippen LogP contribution in [0.3, 0.4) is 0 Å². The summed E-state index contributed by atoms with van der Waals surface area (Å²) in [6.07, 6.45) is 4.71. The van der Waals surface area contributed by atoms with E-state index >= 15 is 0 Å². The van der Waals surface area contributed by atoms with Crippen LogP contribution in [0, 0.1) is 22.5 Å². The van der Waals surface area contributed by atoms with Crippen molar-refractivity contribution in [2.45, 2.75) is 57.5 Å². The number of nitrogens with one attached hydrogen (secondary N) is 1. The summed E-state index contributed by atoms with van der Waals surface area (Å²) in [5, 5.41) is 13.6. The first kappa shape index (κ1) is 30.2. The molecule has 7 rings (SSSR count). The zero-order valence-electron chi connectivity index (χ0n) is 26.1. The van der Waals surface area contributed by atoms with Crippen molar-refractivity contribution >= 4 is 40.7 Å². The van der Waals surface area contributed by atoms with Crippen LogP contribution in [0.2, 0.25) is 0 Å². The molecule has 0 bridgehead atoms. The molecule has 4 fully saturated rings. The summed E-state index contributed by atoms with van der Waals surface area (Å²) >= 11 is 0. The fraction of sp³-hybridized carbons (Fsp3) is 0.515. The zero-order chi connectivity index (χ0) is 32.3. The van der Waals surface area contributed by atoms with Gasteiger partial charge in [0.2, 0.25) is 11.8 Å². The maximum absolute atomic E-state index is 13.2. The number of amides is 4. The van der Waals surface area contributed by atoms with Gasteiger partial charge in [0.1, 0.15) is 6.04 Å². The number of piperidine rings is 3. The minimum absolute atomic E-state index is 0.00431. The van der Waals surface area contributed by atoms with Gasteiger partial charge < -0.3 is 14.5 Å².